The van der Waals surface area contributed by atoms with Crippen molar-refractivity contribution in [1.82, 2.24) is 15.5 Å². The lowest BCUT2D eigenvalue weighted by atomic mass is 9.87. The van der Waals surface area contributed by atoms with Crippen LogP contribution in [0.3, 0.4) is 0 Å². The molecule has 1 saturated carbocycles. The van der Waals surface area contributed by atoms with Gasteiger partial charge in [0.25, 0.3) is 5.91 Å². The second kappa shape index (κ2) is 6.91. The molecule has 152 valence electrons. The average Bonchev–Trinajstić information content (AvgIpc) is 3.23. The first-order valence-corrected chi connectivity index (χ1v) is 10.3. The second-order valence-corrected chi connectivity index (χ2v) is 8.16. The molecule has 0 bridgehead atoms. The van der Waals surface area contributed by atoms with E-state index < -0.39 is 12.6 Å². The molecule has 1 aliphatic carbocycles. The Morgan fingerprint density at radius 1 is 1.31 bits per heavy atom. The van der Waals surface area contributed by atoms with Crippen molar-refractivity contribution in [1.29, 1.82) is 0 Å². The lowest BCUT2D eigenvalue weighted by Crippen LogP contribution is -2.54. The van der Waals surface area contributed by atoms with Crippen LogP contribution in [0.25, 0.3) is 11.0 Å². The van der Waals surface area contributed by atoms with Crippen molar-refractivity contribution < 1.29 is 19.1 Å². The van der Waals surface area contributed by atoms with Gasteiger partial charge in [-0.05, 0) is 25.8 Å². The third kappa shape index (κ3) is 2.83. The Bertz CT molecular complexity index is 1020. The summed E-state index contributed by atoms with van der Waals surface area (Å²) in [5.41, 5.74) is 2.88. The summed E-state index contributed by atoms with van der Waals surface area (Å²) < 4.78 is 6.00. The molecule has 29 heavy (non-hydrogen) atoms. The number of para-hydroxylation sites is 1. The fourth-order valence-corrected chi connectivity index (χ4v) is 5.23. The van der Waals surface area contributed by atoms with Gasteiger partial charge in [-0.3, -0.25) is 9.59 Å². The quantitative estimate of drug-likeness (QED) is 0.722. The number of nitrogens with one attached hydrogen (secondary N) is 2. The third-order valence-electron chi connectivity index (χ3n) is 6.41. The van der Waals surface area contributed by atoms with Gasteiger partial charge in [-0.25, -0.2) is 0 Å². The normalized spacial score (nSPS) is 26.6. The first-order chi connectivity index (χ1) is 14.1. The minimum Gasteiger partial charge on any atom is -0.461 e. The molecule has 7 heteroatoms. The molecule has 0 saturated heterocycles. The zero-order chi connectivity index (χ0) is 20.1. The smallest absolute Gasteiger partial charge is 0.251 e. The number of hydrogen-bond donors (Lipinski definition) is 3. The minimum atomic E-state index is -0.595. The first-order valence-electron chi connectivity index (χ1n) is 10.3. The largest absolute Gasteiger partial charge is 0.461 e. The maximum absolute atomic E-state index is 13.1. The predicted octanol–water partition coefficient (Wildman–Crippen LogP) is 1.90. The van der Waals surface area contributed by atoms with Gasteiger partial charge >= 0.3 is 0 Å². The highest BCUT2D eigenvalue weighted by Crippen LogP contribution is 2.42. The van der Waals surface area contributed by atoms with E-state index in [9.17, 15) is 14.7 Å². The maximum atomic E-state index is 13.1. The predicted molar refractivity (Wildman–Crippen MR) is 107 cm³/mol. The number of fused-ring (bicyclic) bond motifs is 2. The van der Waals surface area contributed by atoms with Crippen LogP contribution >= 0.6 is 0 Å². The number of carbonyl (C=O) groups excluding carboxylic acids is 2. The zero-order valence-corrected chi connectivity index (χ0v) is 16.4. The zero-order valence-electron chi connectivity index (χ0n) is 16.4. The van der Waals surface area contributed by atoms with Gasteiger partial charge < -0.3 is 25.1 Å². The van der Waals surface area contributed by atoms with Crippen LogP contribution in [-0.2, 0) is 9.59 Å². The van der Waals surface area contributed by atoms with Crippen LogP contribution < -0.4 is 10.6 Å². The molecule has 1 aromatic heterocycles. The Morgan fingerprint density at radius 2 is 2.14 bits per heavy atom. The maximum Gasteiger partial charge on any atom is 0.251 e. The summed E-state index contributed by atoms with van der Waals surface area (Å²) in [5.74, 6) is 0.245. The van der Waals surface area contributed by atoms with E-state index >= 15 is 0 Å². The van der Waals surface area contributed by atoms with Crippen molar-refractivity contribution in [2.45, 2.75) is 50.7 Å². The molecule has 0 unspecified atom stereocenters. The van der Waals surface area contributed by atoms with Gasteiger partial charge in [-0.2, -0.15) is 0 Å². The standard InChI is InChI=1S/C22H25N3O4/c1-12-9-13-5-4-6-14(21(13)29-12)20-19-16(10-23-22(19)28)24-15-7-2-3-8-17(15)25(20)18(27)11-26/h4-6,9,15,17,20,24,26H,2-3,7-8,10-11H2,1H3,(H,23,28)/t15-,17-,20-/m1/s1. The van der Waals surface area contributed by atoms with Gasteiger partial charge in [0.05, 0.1) is 24.2 Å². The molecule has 0 radical (unpaired) electrons. The van der Waals surface area contributed by atoms with Crippen molar-refractivity contribution in [3.8, 4) is 0 Å². The molecule has 3 aliphatic rings. The minimum absolute atomic E-state index is 0.0690. The number of carbonyl (C=O) groups is 2. The molecule has 0 spiro atoms. The number of rotatable bonds is 2. The summed E-state index contributed by atoms with van der Waals surface area (Å²) in [6.45, 7) is 1.73. The number of aryl methyl sites for hydroxylation is 1. The number of nitrogens with zero attached hydrogens (tertiary/aromatic N) is 1. The number of aliphatic hydroxyl groups excluding tert-OH is 1. The Kier molecular flexibility index (Phi) is 4.35. The third-order valence-corrected chi connectivity index (χ3v) is 6.41. The van der Waals surface area contributed by atoms with Crippen LogP contribution in [0.2, 0.25) is 0 Å². The van der Waals surface area contributed by atoms with Gasteiger partial charge in [0, 0.05) is 22.7 Å². The van der Waals surface area contributed by atoms with E-state index in [1.807, 2.05) is 31.2 Å². The highest BCUT2D eigenvalue weighted by atomic mass is 16.3. The van der Waals surface area contributed by atoms with Crippen molar-refractivity contribution in [3.05, 3.63) is 46.9 Å². The summed E-state index contributed by atoms with van der Waals surface area (Å²) in [6.07, 6.45) is 3.87. The molecule has 2 aliphatic heterocycles. The van der Waals surface area contributed by atoms with E-state index in [-0.39, 0.29) is 23.9 Å². The highest BCUT2D eigenvalue weighted by Gasteiger charge is 2.46. The van der Waals surface area contributed by atoms with Crippen molar-refractivity contribution >= 4 is 22.8 Å². The molecule has 1 aromatic carbocycles. The first kappa shape index (κ1) is 18.2. The van der Waals surface area contributed by atoms with Gasteiger partial charge in [-0.15, -0.1) is 0 Å². The second-order valence-electron chi connectivity index (χ2n) is 8.16. The number of aliphatic hydroxyl groups is 1. The number of amides is 2. The summed E-state index contributed by atoms with van der Waals surface area (Å²) in [6, 6.07) is 7.17. The van der Waals surface area contributed by atoms with Crippen LogP contribution in [-0.4, -0.2) is 47.1 Å². The van der Waals surface area contributed by atoms with Gasteiger partial charge in [-0.1, -0.05) is 31.0 Å². The molecular weight excluding hydrogens is 370 g/mol. The Labute approximate surface area is 168 Å². The molecule has 1 fully saturated rings. The summed E-state index contributed by atoms with van der Waals surface area (Å²) >= 11 is 0. The Morgan fingerprint density at radius 3 is 2.97 bits per heavy atom. The fourth-order valence-electron chi connectivity index (χ4n) is 5.23. The van der Waals surface area contributed by atoms with Crippen LogP contribution in [0.4, 0.5) is 0 Å². The molecule has 3 heterocycles. The van der Waals surface area contributed by atoms with Crippen LogP contribution in [0, 0.1) is 6.92 Å². The molecule has 3 atom stereocenters. The van der Waals surface area contributed by atoms with Crippen LogP contribution in [0.1, 0.15) is 43.0 Å². The van der Waals surface area contributed by atoms with Crippen LogP contribution in [0.5, 0.6) is 0 Å². The average molecular weight is 395 g/mol. The molecule has 7 nitrogen and oxygen atoms in total. The Hall–Kier alpha value is -2.80. The van der Waals surface area contributed by atoms with E-state index in [2.05, 4.69) is 10.6 Å². The lowest BCUT2D eigenvalue weighted by molar-refractivity contribution is -0.140. The molecule has 2 aromatic rings. The van der Waals surface area contributed by atoms with E-state index in [0.29, 0.717) is 17.7 Å². The molecule has 2 amide bonds. The number of hydrogen-bond acceptors (Lipinski definition) is 5. The van der Waals surface area contributed by atoms with E-state index in [1.54, 1.807) is 4.90 Å². The number of benzene rings is 1. The molecule has 5 rings (SSSR count). The fraction of sp³-hybridized carbons (Fsp3) is 0.455. The SMILES string of the molecule is Cc1cc2cccc([C@@H]3C4=C(CNC4=O)N[C@@H]4CCCC[C@H]4N3C(=O)CO)c2o1. The summed E-state index contributed by atoms with van der Waals surface area (Å²) in [7, 11) is 0. The van der Waals surface area contributed by atoms with Gasteiger partial charge in [0.1, 0.15) is 18.0 Å². The van der Waals surface area contributed by atoms with E-state index in [1.165, 1.54) is 0 Å². The highest BCUT2D eigenvalue weighted by molar-refractivity contribution is 6.00. The molecule has 3 N–H and O–H groups in total. The summed E-state index contributed by atoms with van der Waals surface area (Å²) in [5, 5.41) is 17.2. The summed E-state index contributed by atoms with van der Waals surface area (Å²) in [4.78, 5) is 27.7. The van der Waals surface area contributed by atoms with E-state index in [0.717, 1.165) is 48.1 Å². The Balaban J connectivity index is 1.76. The lowest BCUT2D eigenvalue weighted by Gasteiger charge is -2.42. The van der Waals surface area contributed by atoms with Crippen molar-refractivity contribution in [3.63, 3.8) is 0 Å². The number of furan rings is 1. The topological polar surface area (TPSA) is 94.8 Å². The van der Waals surface area contributed by atoms with E-state index in [4.69, 9.17) is 4.42 Å². The van der Waals surface area contributed by atoms with Crippen LogP contribution in [0.15, 0.2) is 40.0 Å². The van der Waals surface area contributed by atoms with Gasteiger partial charge in [0.15, 0.2) is 0 Å². The molecular formula is C22H25N3O4. The van der Waals surface area contributed by atoms with Crippen molar-refractivity contribution in [2.75, 3.05) is 13.2 Å². The van der Waals surface area contributed by atoms with Gasteiger partial charge in [0.2, 0.25) is 5.91 Å². The van der Waals surface area contributed by atoms with Crippen molar-refractivity contribution in [2.24, 2.45) is 0 Å². The monoisotopic (exact) mass is 395 g/mol.